The molecule has 0 N–H and O–H groups in total. The molecule has 0 aliphatic carbocycles. The molecule has 1 aliphatic heterocycles. The second-order valence-electron chi connectivity index (χ2n) is 9.31. The minimum Gasteiger partial charge on any atom is -0.352 e. The summed E-state index contributed by atoms with van der Waals surface area (Å²) in [6.07, 6.45) is 0. The quantitative estimate of drug-likeness (QED) is 0.421. The van der Waals surface area contributed by atoms with E-state index in [2.05, 4.69) is 74.8 Å². The van der Waals surface area contributed by atoms with Gasteiger partial charge in [0.2, 0.25) is 0 Å². The normalized spacial score (nSPS) is 15.1. The van der Waals surface area contributed by atoms with E-state index < -0.39 is 10.8 Å². The second kappa shape index (κ2) is 9.50. The number of hydrogen-bond donors (Lipinski definition) is 0. The molecule has 0 saturated carbocycles. The zero-order chi connectivity index (χ0) is 22.8. The van der Waals surface area contributed by atoms with Crippen molar-refractivity contribution in [3.63, 3.8) is 0 Å². The molecule has 1 heterocycles. The zero-order valence-electron chi connectivity index (χ0n) is 19.8. The van der Waals surface area contributed by atoms with E-state index in [9.17, 15) is 4.21 Å². The summed E-state index contributed by atoms with van der Waals surface area (Å²) in [7, 11) is -1.20. The van der Waals surface area contributed by atoms with Gasteiger partial charge in [-0.15, -0.1) is 0 Å². The lowest BCUT2D eigenvalue weighted by molar-refractivity contribution is 0.683. The largest absolute Gasteiger partial charge is 0.352 e. The van der Waals surface area contributed by atoms with Crippen molar-refractivity contribution in [1.29, 1.82) is 0 Å². The number of rotatable bonds is 6. The Morgan fingerprint density at radius 2 is 1.34 bits per heavy atom. The minimum absolute atomic E-state index is 0.471. The van der Waals surface area contributed by atoms with Crippen LogP contribution in [0.25, 0.3) is 0 Å². The molecule has 1 atom stereocenters. The van der Waals surface area contributed by atoms with Gasteiger partial charge in [-0.2, -0.15) is 0 Å². The van der Waals surface area contributed by atoms with Gasteiger partial charge in [0.1, 0.15) is 0 Å². The van der Waals surface area contributed by atoms with E-state index in [4.69, 9.17) is 0 Å². The summed E-state index contributed by atoms with van der Waals surface area (Å²) in [5, 5.41) is 0. The molecule has 0 aromatic heterocycles. The van der Waals surface area contributed by atoms with Gasteiger partial charge >= 0.3 is 0 Å². The second-order valence-corrected chi connectivity index (χ2v) is 10.8. The highest BCUT2D eigenvalue weighted by molar-refractivity contribution is 7.85. The highest BCUT2D eigenvalue weighted by Crippen LogP contribution is 2.38. The average molecular weight is 447 g/mol. The van der Waals surface area contributed by atoms with Crippen LogP contribution in [0.4, 0.5) is 11.4 Å². The summed E-state index contributed by atoms with van der Waals surface area (Å²) < 4.78 is 13.4. The van der Waals surface area contributed by atoms with Crippen molar-refractivity contribution in [3.05, 3.63) is 83.4 Å². The summed E-state index contributed by atoms with van der Waals surface area (Å²) in [5.41, 5.74) is 6.46. The smallest absolute Gasteiger partial charge is 0.0904 e. The number of hydrogen-bond acceptors (Lipinski definition) is 3. The molecule has 0 spiro atoms. The van der Waals surface area contributed by atoms with E-state index in [1.54, 1.807) is 0 Å². The van der Waals surface area contributed by atoms with Crippen LogP contribution in [0.15, 0.2) is 76.5 Å². The molecule has 0 radical (unpaired) electrons. The Hall–Kier alpha value is -2.59. The number of nitrogens with zero attached hydrogens (tertiary/aromatic N) is 2. The van der Waals surface area contributed by atoms with Gasteiger partial charge < -0.3 is 9.80 Å². The van der Waals surface area contributed by atoms with E-state index in [0.29, 0.717) is 11.8 Å². The van der Waals surface area contributed by atoms with Gasteiger partial charge in [-0.25, -0.2) is 4.21 Å². The van der Waals surface area contributed by atoms with Crippen LogP contribution in [0.3, 0.4) is 0 Å². The Balaban J connectivity index is 1.66. The maximum Gasteiger partial charge on any atom is 0.0904 e. The third-order valence-corrected chi connectivity index (χ3v) is 7.73. The van der Waals surface area contributed by atoms with Crippen molar-refractivity contribution in [2.45, 2.75) is 56.2 Å². The zero-order valence-corrected chi connectivity index (χ0v) is 20.7. The fraction of sp³-hybridized carbons (Fsp3) is 0.357. The minimum atomic E-state index is -1.20. The van der Waals surface area contributed by atoms with Crippen LogP contribution >= 0.6 is 0 Å². The number of benzene rings is 3. The number of para-hydroxylation sites is 2. The Morgan fingerprint density at radius 1 is 0.750 bits per heavy atom. The molecule has 1 aliphatic rings. The molecule has 1 unspecified atom stereocenters. The molecule has 1 fully saturated rings. The van der Waals surface area contributed by atoms with Crippen LogP contribution in [-0.2, 0) is 10.8 Å². The first-order valence-electron chi connectivity index (χ1n) is 11.6. The van der Waals surface area contributed by atoms with Crippen LogP contribution in [0, 0.1) is 6.92 Å². The SMILES string of the molecule is Cc1ccc(S(=O)c2ccccc2N2CCN(c3c(C(C)C)cccc3C(C)C)C2)cc1. The molecule has 168 valence electrons. The average Bonchev–Trinajstić information content (AvgIpc) is 3.28. The number of aryl methyl sites for hydroxylation is 1. The van der Waals surface area contributed by atoms with Crippen molar-refractivity contribution in [3.8, 4) is 0 Å². The third kappa shape index (κ3) is 4.47. The molecule has 3 nitrogen and oxygen atoms in total. The van der Waals surface area contributed by atoms with E-state index in [1.165, 1.54) is 22.4 Å². The first-order valence-corrected chi connectivity index (χ1v) is 12.7. The summed E-state index contributed by atoms with van der Waals surface area (Å²) in [6, 6.07) is 22.9. The van der Waals surface area contributed by atoms with Gasteiger partial charge in [0.15, 0.2) is 0 Å². The highest BCUT2D eigenvalue weighted by atomic mass is 32.2. The van der Waals surface area contributed by atoms with Gasteiger partial charge in [0, 0.05) is 23.7 Å². The predicted octanol–water partition coefficient (Wildman–Crippen LogP) is 6.69. The van der Waals surface area contributed by atoms with Gasteiger partial charge in [0.05, 0.1) is 28.1 Å². The van der Waals surface area contributed by atoms with Crippen LogP contribution in [0.5, 0.6) is 0 Å². The topological polar surface area (TPSA) is 23.6 Å². The van der Waals surface area contributed by atoms with Gasteiger partial charge in [-0.1, -0.05) is 75.7 Å². The molecule has 32 heavy (non-hydrogen) atoms. The third-order valence-electron chi connectivity index (χ3n) is 6.28. The van der Waals surface area contributed by atoms with Crippen LogP contribution in [0.1, 0.15) is 56.2 Å². The lowest BCUT2D eigenvalue weighted by atomic mass is 9.92. The summed E-state index contributed by atoms with van der Waals surface area (Å²) in [4.78, 5) is 6.63. The van der Waals surface area contributed by atoms with Crippen LogP contribution in [0.2, 0.25) is 0 Å². The molecule has 3 aromatic carbocycles. The fourth-order valence-electron chi connectivity index (χ4n) is 4.51. The van der Waals surface area contributed by atoms with Crippen LogP contribution < -0.4 is 9.80 Å². The van der Waals surface area contributed by atoms with Crippen molar-refractivity contribution in [2.24, 2.45) is 0 Å². The Kier molecular flexibility index (Phi) is 6.71. The maximum absolute atomic E-state index is 13.4. The Bertz CT molecular complexity index is 1080. The first-order chi connectivity index (χ1) is 15.4. The fourth-order valence-corrected chi connectivity index (χ4v) is 5.74. The van der Waals surface area contributed by atoms with Crippen molar-refractivity contribution < 1.29 is 4.21 Å². The molecule has 1 saturated heterocycles. The predicted molar refractivity (Wildman–Crippen MR) is 136 cm³/mol. The maximum atomic E-state index is 13.4. The van der Waals surface area contributed by atoms with E-state index in [0.717, 1.165) is 35.2 Å². The van der Waals surface area contributed by atoms with Crippen molar-refractivity contribution >= 4 is 22.2 Å². The Morgan fingerprint density at radius 3 is 1.97 bits per heavy atom. The van der Waals surface area contributed by atoms with E-state index >= 15 is 0 Å². The molecule has 3 aromatic rings. The molecule has 0 bridgehead atoms. The highest BCUT2D eigenvalue weighted by Gasteiger charge is 2.28. The molecule has 0 amide bonds. The van der Waals surface area contributed by atoms with Crippen LogP contribution in [-0.4, -0.2) is 24.0 Å². The molecular weight excluding hydrogens is 412 g/mol. The van der Waals surface area contributed by atoms with Crippen molar-refractivity contribution in [2.75, 3.05) is 29.6 Å². The lowest BCUT2D eigenvalue weighted by Crippen LogP contribution is -2.27. The number of anilines is 2. The van der Waals surface area contributed by atoms with E-state index in [-0.39, 0.29) is 0 Å². The van der Waals surface area contributed by atoms with Crippen molar-refractivity contribution in [1.82, 2.24) is 0 Å². The molecule has 4 rings (SSSR count). The summed E-state index contributed by atoms with van der Waals surface area (Å²) >= 11 is 0. The van der Waals surface area contributed by atoms with Gasteiger partial charge in [0.25, 0.3) is 0 Å². The lowest BCUT2D eigenvalue weighted by Gasteiger charge is -2.29. The first kappa shape index (κ1) is 22.6. The van der Waals surface area contributed by atoms with E-state index in [1.807, 2.05) is 36.4 Å². The van der Waals surface area contributed by atoms with Gasteiger partial charge in [-0.05, 0) is 54.2 Å². The summed E-state index contributed by atoms with van der Waals surface area (Å²) in [6.45, 7) is 13.9. The standard InChI is InChI=1S/C28H34N2OS/c1-20(2)24-9-8-10-25(21(3)4)28(24)30-18-17-29(19-30)26-11-6-7-12-27(26)32(31)23-15-13-22(5)14-16-23/h6-16,20-21H,17-19H2,1-5H3. The Labute approximate surface area is 195 Å². The molecule has 4 heteroatoms. The van der Waals surface area contributed by atoms with Gasteiger partial charge in [-0.3, -0.25) is 0 Å². The molecular formula is C28H34N2OS. The summed E-state index contributed by atoms with van der Waals surface area (Å²) in [5.74, 6) is 0.943. The monoisotopic (exact) mass is 446 g/mol.